The molecule has 4 saturated carbocycles. The van der Waals surface area contributed by atoms with Gasteiger partial charge in [0, 0.05) is 0 Å². The Balaban J connectivity index is 1.55. The summed E-state index contributed by atoms with van der Waals surface area (Å²) >= 11 is 0. The molecule has 0 aromatic rings. The van der Waals surface area contributed by atoms with E-state index >= 15 is 0 Å². The maximum absolute atomic E-state index is 12.6. The largest absolute Gasteiger partial charge is 0.481 e. The van der Waals surface area contributed by atoms with Crippen LogP contribution in [-0.2, 0) is 4.79 Å². The second-order valence-corrected chi connectivity index (χ2v) is 14.2. The number of hydrogen-bond donors (Lipinski definition) is 1. The molecule has 0 saturated heterocycles. The highest BCUT2D eigenvalue weighted by molar-refractivity contribution is 5.75. The standard InChI is InChI=1S/C30H48O2/c1-18-12-14-27(4)16-17-28(5)21-10-11-24-29(6,15-13-19(2)30(24,7)26(31)32)22(21)8-9-23(28)25(27)20(18)3/h9,18-22,24-25H,8,10-17H2,1-7H3,(H,31,32)/t18-,19-,20+,21?,22?,24?,25?,27-,28+,29-,30+/m1/s1. The molecule has 5 rings (SSSR count). The van der Waals surface area contributed by atoms with Crippen LogP contribution < -0.4 is 0 Å². The van der Waals surface area contributed by atoms with Crippen molar-refractivity contribution in [1.29, 1.82) is 0 Å². The number of carboxylic acid groups (broad SMARTS) is 1. The van der Waals surface area contributed by atoms with E-state index in [1.807, 2.05) is 5.57 Å². The molecule has 2 nitrogen and oxygen atoms in total. The molecule has 4 fully saturated rings. The lowest BCUT2D eigenvalue weighted by Crippen LogP contribution is -2.61. The molecule has 5 aliphatic carbocycles. The monoisotopic (exact) mass is 440 g/mol. The van der Waals surface area contributed by atoms with Crippen LogP contribution in [0.15, 0.2) is 11.6 Å². The Bertz CT molecular complexity index is 829. The van der Waals surface area contributed by atoms with Gasteiger partial charge in [0.05, 0.1) is 5.41 Å². The van der Waals surface area contributed by atoms with E-state index in [0.29, 0.717) is 22.7 Å². The summed E-state index contributed by atoms with van der Waals surface area (Å²) in [5.74, 6) is 3.82. The van der Waals surface area contributed by atoms with E-state index < -0.39 is 11.4 Å². The molecular weight excluding hydrogens is 392 g/mol. The van der Waals surface area contributed by atoms with Gasteiger partial charge in [0.25, 0.3) is 0 Å². The first-order valence-electron chi connectivity index (χ1n) is 13.8. The summed E-state index contributed by atoms with van der Waals surface area (Å²) < 4.78 is 0. The molecular formula is C30H48O2. The summed E-state index contributed by atoms with van der Waals surface area (Å²) in [5, 5.41) is 10.4. The zero-order valence-electron chi connectivity index (χ0n) is 21.8. The van der Waals surface area contributed by atoms with Crippen LogP contribution in [0.4, 0.5) is 0 Å². The fraction of sp³-hybridized carbons (Fsp3) is 0.900. The zero-order chi connectivity index (χ0) is 23.3. The van der Waals surface area contributed by atoms with Gasteiger partial charge in [-0.25, -0.2) is 0 Å². The molecule has 2 heteroatoms. The van der Waals surface area contributed by atoms with Crippen LogP contribution in [0.1, 0.15) is 106 Å². The minimum absolute atomic E-state index is 0.166. The van der Waals surface area contributed by atoms with Gasteiger partial charge in [-0.1, -0.05) is 53.2 Å². The smallest absolute Gasteiger partial charge is 0.309 e. The fourth-order valence-electron chi connectivity index (χ4n) is 10.6. The highest BCUT2D eigenvalue weighted by atomic mass is 16.4. The molecule has 0 aliphatic heterocycles. The molecule has 4 unspecified atom stereocenters. The molecule has 180 valence electrons. The molecule has 0 aromatic heterocycles. The Labute approximate surface area is 197 Å². The molecule has 32 heavy (non-hydrogen) atoms. The summed E-state index contributed by atoms with van der Waals surface area (Å²) in [5.41, 5.74) is 2.25. The number of allylic oxidation sites excluding steroid dienone is 2. The van der Waals surface area contributed by atoms with E-state index in [1.54, 1.807) is 0 Å². The van der Waals surface area contributed by atoms with Crippen molar-refractivity contribution < 1.29 is 9.90 Å². The van der Waals surface area contributed by atoms with Crippen molar-refractivity contribution in [1.82, 2.24) is 0 Å². The molecule has 0 amide bonds. The van der Waals surface area contributed by atoms with Crippen LogP contribution in [0.25, 0.3) is 0 Å². The number of aliphatic carboxylic acids is 1. The second kappa shape index (κ2) is 7.11. The third kappa shape index (κ3) is 2.73. The van der Waals surface area contributed by atoms with Crippen LogP contribution in [0, 0.1) is 63.1 Å². The van der Waals surface area contributed by atoms with Crippen LogP contribution in [-0.4, -0.2) is 11.1 Å². The normalized spacial score (nSPS) is 57.3. The van der Waals surface area contributed by atoms with Gasteiger partial charge >= 0.3 is 5.97 Å². The molecule has 1 N–H and O–H groups in total. The predicted octanol–water partition coefficient (Wildman–Crippen LogP) is 7.97. The maximum atomic E-state index is 12.6. The molecule has 0 radical (unpaired) electrons. The van der Waals surface area contributed by atoms with Gasteiger partial charge in [0.1, 0.15) is 0 Å². The minimum Gasteiger partial charge on any atom is -0.481 e. The quantitative estimate of drug-likeness (QED) is 0.420. The minimum atomic E-state index is -0.568. The van der Waals surface area contributed by atoms with Crippen molar-refractivity contribution in [2.45, 2.75) is 106 Å². The SMILES string of the molecule is C[C@@H]1CC[C@]2(C)CC[C@]3(C)C(=CCC4C3CCC3[C@]4(C)CC[C@@H](C)[C@]3(C)C(=O)O)C2[C@H]1C. The van der Waals surface area contributed by atoms with E-state index in [-0.39, 0.29) is 11.3 Å². The van der Waals surface area contributed by atoms with Crippen molar-refractivity contribution in [3.63, 3.8) is 0 Å². The predicted molar refractivity (Wildman–Crippen MR) is 131 cm³/mol. The van der Waals surface area contributed by atoms with Gasteiger partial charge in [-0.3, -0.25) is 4.79 Å². The Morgan fingerprint density at radius 2 is 1.62 bits per heavy atom. The Kier molecular flexibility index (Phi) is 5.10. The lowest BCUT2D eigenvalue weighted by molar-refractivity contribution is -0.186. The number of carbonyl (C=O) groups is 1. The van der Waals surface area contributed by atoms with Crippen LogP contribution >= 0.6 is 0 Å². The number of rotatable bonds is 1. The average Bonchev–Trinajstić information content (AvgIpc) is 2.74. The molecule has 0 aromatic carbocycles. The molecule has 0 heterocycles. The Hall–Kier alpha value is -0.790. The average molecular weight is 441 g/mol. The van der Waals surface area contributed by atoms with Gasteiger partial charge in [0.15, 0.2) is 0 Å². The third-order valence-corrected chi connectivity index (χ3v) is 13.2. The molecule has 0 bridgehead atoms. The summed E-state index contributed by atoms with van der Waals surface area (Å²) in [6, 6.07) is 0. The second-order valence-electron chi connectivity index (χ2n) is 14.2. The Morgan fingerprint density at radius 3 is 2.31 bits per heavy atom. The van der Waals surface area contributed by atoms with Crippen molar-refractivity contribution in [2.24, 2.45) is 63.1 Å². The van der Waals surface area contributed by atoms with Crippen LogP contribution in [0.2, 0.25) is 0 Å². The summed E-state index contributed by atoms with van der Waals surface area (Å²) in [6.07, 6.45) is 14.1. The van der Waals surface area contributed by atoms with Crippen LogP contribution in [0.5, 0.6) is 0 Å². The Morgan fingerprint density at radius 1 is 0.906 bits per heavy atom. The number of carboxylic acids is 1. The first-order valence-corrected chi connectivity index (χ1v) is 13.8. The highest BCUT2D eigenvalue weighted by Gasteiger charge is 2.65. The van der Waals surface area contributed by atoms with Crippen LogP contribution in [0.3, 0.4) is 0 Å². The first-order chi connectivity index (χ1) is 14.9. The van der Waals surface area contributed by atoms with Gasteiger partial charge in [0.2, 0.25) is 0 Å². The van der Waals surface area contributed by atoms with E-state index in [0.717, 1.165) is 36.5 Å². The lowest BCUT2D eigenvalue weighted by atomic mass is 9.37. The maximum Gasteiger partial charge on any atom is 0.309 e. The van der Waals surface area contributed by atoms with Crippen molar-refractivity contribution in [3.05, 3.63) is 11.6 Å². The molecule has 11 atom stereocenters. The van der Waals surface area contributed by atoms with E-state index in [2.05, 4.69) is 54.5 Å². The van der Waals surface area contributed by atoms with Crippen molar-refractivity contribution in [3.8, 4) is 0 Å². The van der Waals surface area contributed by atoms with Gasteiger partial charge < -0.3 is 5.11 Å². The lowest BCUT2D eigenvalue weighted by Gasteiger charge is -2.67. The van der Waals surface area contributed by atoms with E-state index in [1.165, 1.54) is 44.9 Å². The topological polar surface area (TPSA) is 37.3 Å². The summed E-state index contributed by atoms with van der Waals surface area (Å²) in [4.78, 5) is 12.6. The zero-order valence-corrected chi connectivity index (χ0v) is 21.8. The fourth-order valence-corrected chi connectivity index (χ4v) is 10.6. The third-order valence-electron chi connectivity index (χ3n) is 13.2. The molecule has 0 spiro atoms. The number of hydrogen-bond acceptors (Lipinski definition) is 1. The van der Waals surface area contributed by atoms with E-state index in [4.69, 9.17) is 0 Å². The van der Waals surface area contributed by atoms with Crippen molar-refractivity contribution >= 4 is 5.97 Å². The van der Waals surface area contributed by atoms with Gasteiger partial charge in [-0.05, 0) is 122 Å². The molecule has 5 aliphatic rings. The number of fused-ring (bicyclic) bond motifs is 7. The highest BCUT2D eigenvalue weighted by Crippen LogP contribution is 2.72. The summed E-state index contributed by atoms with van der Waals surface area (Å²) in [6.45, 7) is 17.1. The summed E-state index contributed by atoms with van der Waals surface area (Å²) in [7, 11) is 0. The van der Waals surface area contributed by atoms with Gasteiger partial charge in [-0.15, -0.1) is 0 Å². The van der Waals surface area contributed by atoms with Crippen molar-refractivity contribution in [2.75, 3.05) is 0 Å². The first kappa shape index (κ1) is 23.0. The van der Waals surface area contributed by atoms with Gasteiger partial charge in [-0.2, -0.15) is 0 Å². The van der Waals surface area contributed by atoms with E-state index in [9.17, 15) is 9.90 Å².